The Kier molecular flexibility index (Phi) is 5.99. The minimum absolute atomic E-state index is 0.0536. The molecule has 0 bridgehead atoms. The van der Waals surface area contributed by atoms with Crippen molar-refractivity contribution >= 4 is 33.6 Å². The summed E-state index contributed by atoms with van der Waals surface area (Å²) < 4.78 is 6.33. The monoisotopic (exact) mass is 386 g/mol. The number of halogens is 1. The summed E-state index contributed by atoms with van der Waals surface area (Å²) in [6.45, 7) is 2.34. The SMILES string of the molecule is CCOc1ccc(Br)cc1C=C(C#N)C(=O)Nc1ccc(O)cc1. The van der Waals surface area contributed by atoms with Crippen LogP contribution in [-0.4, -0.2) is 17.6 Å². The van der Waals surface area contributed by atoms with Crippen molar-refractivity contribution in [1.82, 2.24) is 0 Å². The number of carbonyl (C=O) groups excluding carboxylic acids is 1. The first-order valence-electron chi connectivity index (χ1n) is 7.18. The maximum absolute atomic E-state index is 12.3. The summed E-state index contributed by atoms with van der Waals surface area (Å²) in [4.78, 5) is 12.3. The van der Waals surface area contributed by atoms with E-state index in [9.17, 15) is 15.2 Å². The van der Waals surface area contributed by atoms with Crippen molar-refractivity contribution in [1.29, 1.82) is 5.26 Å². The summed E-state index contributed by atoms with van der Waals surface area (Å²) in [5.41, 5.74) is 1.06. The molecule has 24 heavy (non-hydrogen) atoms. The summed E-state index contributed by atoms with van der Waals surface area (Å²) >= 11 is 3.36. The summed E-state index contributed by atoms with van der Waals surface area (Å²) in [6, 6.07) is 13.3. The largest absolute Gasteiger partial charge is 0.508 e. The molecule has 0 aromatic heterocycles. The van der Waals surface area contributed by atoms with Gasteiger partial charge in [-0.25, -0.2) is 0 Å². The normalized spacial score (nSPS) is 10.8. The van der Waals surface area contributed by atoms with Gasteiger partial charge in [0.05, 0.1) is 6.61 Å². The summed E-state index contributed by atoms with van der Waals surface area (Å²) in [7, 11) is 0. The highest BCUT2D eigenvalue weighted by atomic mass is 79.9. The number of hydrogen-bond donors (Lipinski definition) is 2. The van der Waals surface area contributed by atoms with Crippen molar-refractivity contribution in [2.75, 3.05) is 11.9 Å². The van der Waals surface area contributed by atoms with E-state index in [1.807, 2.05) is 19.1 Å². The number of phenolic OH excluding ortho intramolecular Hbond substituents is 1. The van der Waals surface area contributed by atoms with E-state index in [0.717, 1.165) is 4.47 Å². The van der Waals surface area contributed by atoms with E-state index in [1.54, 1.807) is 24.3 Å². The molecule has 122 valence electrons. The maximum Gasteiger partial charge on any atom is 0.266 e. The van der Waals surface area contributed by atoms with Gasteiger partial charge in [0.15, 0.2) is 0 Å². The van der Waals surface area contributed by atoms with Crippen molar-refractivity contribution in [2.24, 2.45) is 0 Å². The van der Waals surface area contributed by atoms with Gasteiger partial charge in [-0.2, -0.15) is 5.26 Å². The van der Waals surface area contributed by atoms with Crippen LogP contribution in [0.3, 0.4) is 0 Å². The molecule has 0 atom stereocenters. The molecule has 0 heterocycles. The van der Waals surface area contributed by atoms with Gasteiger partial charge in [0.25, 0.3) is 5.91 Å². The highest BCUT2D eigenvalue weighted by Crippen LogP contribution is 2.26. The van der Waals surface area contributed by atoms with Gasteiger partial charge in [0.1, 0.15) is 23.1 Å². The number of anilines is 1. The zero-order valence-corrected chi connectivity index (χ0v) is 14.5. The molecule has 6 heteroatoms. The van der Waals surface area contributed by atoms with Crippen LogP contribution in [0.25, 0.3) is 6.08 Å². The van der Waals surface area contributed by atoms with Gasteiger partial charge in [0.2, 0.25) is 0 Å². The molecule has 2 aromatic rings. The Labute approximate surface area is 148 Å². The topological polar surface area (TPSA) is 82.3 Å². The van der Waals surface area contributed by atoms with E-state index < -0.39 is 5.91 Å². The van der Waals surface area contributed by atoms with Crippen molar-refractivity contribution in [3.63, 3.8) is 0 Å². The highest BCUT2D eigenvalue weighted by molar-refractivity contribution is 9.10. The molecule has 0 aliphatic heterocycles. The number of phenols is 1. The smallest absolute Gasteiger partial charge is 0.266 e. The minimum atomic E-state index is -0.536. The molecule has 2 N–H and O–H groups in total. The van der Waals surface area contributed by atoms with E-state index in [0.29, 0.717) is 23.6 Å². The van der Waals surface area contributed by atoms with Gasteiger partial charge < -0.3 is 15.2 Å². The van der Waals surface area contributed by atoms with Crippen LogP contribution in [0.15, 0.2) is 52.5 Å². The molecule has 0 spiro atoms. The zero-order chi connectivity index (χ0) is 17.5. The fourth-order valence-corrected chi connectivity index (χ4v) is 2.35. The van der Waals surface area contributed by atoms with Crippen LogP contribution in [0.2, 0.25) is 0 Å². The van der Waals surface area contributed by atoms with Crippen LogP contribution in [0, 0.1) is 11.3 Å². The van der Waals surface area contributed by atoms with Gasteiger partial charge in [-0.05, 0) is 55.5 Å². The highest BCUT2D eigenvalue weighted by Gasteiger charge is 2.12. The van der Waals surface area contributed by atoms with E-state index >= 15 is 0 Å². The summed E-state index contributed by atoms with van der Waals surface area (Å²) in [5, 5.41) is 21.2. The Balaban J connectivity index is 2.28. The molecular formula is C18H15BrN2O3. The van der Waals surface area contributed by atoms with E-state index in [1.165, 1.54) is 18.2 Å². The second-order valence-corrected chi connectivity index (χ2v) is 5.70. The Morgan fingerprint density at radius 1 is 1.33 bits per heavy atom. The van der Waals surface area contributed by atoms with Crippen molar-refractivity contribution in [3.05, 3.63) is 58.1 Å². The molecule has 0 saturated heterocycles. The van der Waals surface area contributed by atoms with Crippen molar-refractivity contribution < 1.29 is 14.6 Å². The number of nitrogens with zero attached hydrogens (tertiary/aromatic N) is 1. The van der Waals surface area contributed by atoms with Crippen LogP contribution in [0.1, 0.15) is 12.5 Å². The third-order valence-corrected chi connectivity index (χ3v) is 3.56. The number of nitrogens with one attached hydrogen (secondary N) is 1. The molecule has 1 amide bonds. The zero-order valence-electron chi connectivity index (χ0n) is 12.9. The molecule has 5 nitrogen and oxygen atoms in total. The van der Waals surface area contributed by atoms with Crippen LogP contribution in [0.4, 0.5) is 5.69 Å². The second kappa shape index (κ2) is 8.18. The fourth-order valence-electron chi connectivity index (χ4n) is 1.97. The molecule has 0 aliphatic rings. The second-order valence-electron chi connectivity index (χ2n) is 4.79. The Morgan fingerprint density at radius 2 is 2.04 bits per heavy atom. The van der Waals surface area contributed by atoms with Gasteiger partial charge in [-0.15, -0.1) is 0 Å². The number of benzene rings is 2. The number of amides is 1. The Bertz CT molecular complexity index is 808. The van der Waals surface area contributed by atoms with Gasteiger partial charge in [-0.1, -0.05) is 15.9 Å². The number of ether oxygens (including phenoxy) is 1. The standard InChI is InChI=1S/C18H15BrN2O3/c1-2-24-17-8-3-14(19)10-12(17)9-13(11-20)18(23)21-15-4-6-16(22)7-5-15/h3-10,22H,2H2,1H3,(H,21,23). The number of rotatable bonds is 5. The maximum atomic E-state index is 12.3. The lowest BCUT2D eigenvalue weighted by molar-refractivity contribution is -0.112. The number of aromatic hydroxyl groups is 1. The van der Waals surface area contributed by atoms with Crippen LogP contribution < -0.4 is 10.1 Å². The van der Waals surface area contributed by atoms with E-state index in [4.69, 9.17) is 4.74 Å². The molecule has 0 aliphatic carbocycles. The number of nitriles is 1. The van der Waals surface area contributed by atoms with Crippen LogP contribution >= 0.6 is 15.9 Å². The fraction of sp³-hybridized carbons (Fsp3) is 0.111. The molecule has 0 radical (unpaired) electrons. The average Bonchev–Trinajstić information content (AvgIpc) is 2.57. The van der Waals surface area contributed by atoms with Gasteiger partial charge in [0, 0.05) is 15.7 Å². The number of hydrogen-bond acceptors (Lipinski definition) is 4. The average molecular weight is 387 g/mol. The van der Waals surface area contributed by atoms with E-state index in [2.05, 4.69) is 21.2 Å². The van der Waals surface area contributed by atoms with Crippen LogP contribution in [0.5, 0.6) is 11.5 Å². The third-order valence-electron chi connectivity index (χ3n) is 3.06. The quantitative estimate of drug-likeness (QED) is 0.460. The van der Waals surface area contributed by atoms with Gasteiger partial charge >= 0.3 is 0 Å². The molecule has 0 unspecified atom stereocenters. The van der Waals surface area contributed by atoms with Crippen molar-refractivity contribution in [3.8, 4) is 17.6 Å². The molecule has 0 fully saturated rings. The minimum Gasteiger partial charge on any atom is -0.508 e. The molecule has 2 aromatic carbocycles. The predicted octanol–water partition coefficient (Wildman–Crippen LogP) is 4.10. The first-order chi connectivity index (χ1) is 11.5. The van der Waals surface area contributed by atoms with Crippen LogP contribution in [-0.2, 0) is 4.79 Å². The molecule has 0 saturated carbocycles. The molecular weight excluding hydrogens is 372 g/mol. The first-order valence-corrected chi connectivity index (χ1v) is 7.97. The summed E-state index contributed by atoms with van der Waals surface area (Å²) in [6.07, 6.45) is 1.48. The lowest BCUT2D eigenvalue weighted by Gasteiger charge is -2.09. The third kappa shape index (κ3) is 4.61. The van der Waals surface area contributed by atoms with Crippen molar-refractivity contribution in [2.45, 2.75) is 6.92 Å². The van der Waals surface area contributed by atoms with E-state index in [-0.39, 0.29) is 11.3 Å². The lowest BCUT2D eigenvalue weighted by atomic mass is 10.1. The molecule has 2 rings (SSSR count). The number of carbonyl (C=O) groups is 1. The summed E-state index contributed by atoms with van der Waals surface area (Å²) in [5.74, 6) is 0.149. The van der Waals surface area contributed by atoms with Gasteiger partial charge in [-0.3, -0.25) is 4.79 Å². The lowest BCUT2D eigenvalue weighted by Crippen LogP contribution is -2.13. The Hall–Kier alpha value is -2.78. The Morgan fingerprint density at radius 3 is 2.67 bits per heavy atom. The first kappa shape index (κ1) is 17.6. The predicted molar refractivity (Wildman–Crippen MR) is 95.6 cm³/mol.